The number of nitrogens with zero attached hydrogens (tertiary/aromatic N) is 1. The molecule has 4 rings (SSSR count). The topological polar surface area (TPSA) is 110 Å². The van der Waals surface area contributed by atoms with Crippen LogP contribution in [0.2, 0.25) is 0 Å². The number of ether oxygens (including phenoxy) is 1. The highest BCUT2D eigenvalue weighted by molar-refractivity contribution is 6.08. The number of allylic oxidation sites excluding steroid dienone is 2. The summed E-state index contributed by atoms with van der Waals surface area (Å²) in [6, 6.07) is 14.3. The second kappa shape index (κ2) is 10.5. The number of hydrogen-bond donors (Lipinski definition) is 1. The zero-order valence-corrected chi connectivity index (χ0v) is 19.3. The summed E-state index contributed by atoms with van der Waals surface area (Å²) in [4.78, 5) is 64.3. The van der Waals surface area contributed by atoms with Crippen LogP contribution < -0.4 is 5.32 Å². The van der Waals surface area contributed by atoms with Gasteiger partial charge in [0.2, 0.25) is 11.8 Å². The fourth-order valence-electron chi connectivity index (χ4n) is 4.50. The third-order valence-corrected chi connectivity index (χ3v) is 6.30. The highest BCUT2D eigenvalue weighted by Crippen LogP contribution is 2.36. The van der Waals surface area contributed by atoms with E-state index < -0.39 is 36.4 Å². The maximum atomic E-state index is 13.1. The van der Waals surface area contributed by atoms with E-state index in [0.717, 1.165) is 10.5 Å². The van der Waals surface area contributed by atoms with Gasteiger partial charge in [-0.25, -0.2) is 4.79 Å². The summed E-state index contributed by atoms with van der Waals surface area (Å²) in [5.41, 5.74) is 1.58. The van der Waals surface area contributed by atoms with Crippen LogP contribution in [0.4, 0.5) is 5.69 Å². The van der Waals surface area contributed by atoms with Gasteiger partial charge in [-0.3, -0.25) is 24.1 Å². The van der Waals surface area contributed by atoms with Crippen LogP contribution in [0.1, 0.15) is 35.7 Å². The van der Waals surface area contributed by atoms with Crippen molar-refractivity contribution >= 4 is 35.2 Å². The standard InChI is InChI=1S/C27H26N2O6/c1-17(30)19-10-7-11-20(15-19)28-24(31)16-35-27(34)23(14-18-8-3-2-4-9-18)29-25(32)21-12-5-6-13-22(21)26(29)33/h2-11,15,21-23H,12-14,16H2,1H3,(H,28,31)/t21-,22-,23-/m0/s1. The smallest absolute Gasteiger partial charge is 0.330 e. The van der Waals surface area contributed by atoms with E-state index in [1.165, 1.54) is 13.0 Å². The number of esters is 1. The summed E-state index contributed by atoms with van der Waals surface area (Å²) < 4.78 is 5.27. The Kier molecular flexibility index (Phi) is 7.19. The number of carbonyl (C=O) groups is 5. The second-order valence-corrected chi connectivity index (χ2v) is 8.70. The van der Waals surface area contributed by atoms with Crippen molar-refractivity contribution in [2.75, 3.05) is 11.9 Å². The summed E-state index contributed by atoms with van der Waals surface area (Å²) in [7, 11) is 0. The molecule has 0 bridgehead atoms. The summed E-state index contributed by atoms with van der Waals surface area (Å²) in [5, 5.41) is 2.58. The van der Waals surface area contributed by atoms with E-state index in [0.29, 0.717) is 24.1 Å². The summed E-state index contributed by atoms with van der Waals surface area (Å²) in [5.74, 6) is -3.29. The van der Waals surface area contributed by atoms with Crippen LogP contribution in [0.3, 0.4) is 0 Å². The molecule has 2 aliphatic rings. The highest BCUT2D eigenvalue weighted by atomic mass is 16.5. The largest absolute Gasteiger partial charge is 0.454 e. The van der Waals surface area contributed by atoms with Gasteiger partial charge in [0.25, 0.3) is 5.91 Å². The minimum absolute atomic E-state index is 0.0896. The molecule has 1 aliphatic carbocycles. The number of imide groups is 1. The Labute approximate surface area is 202 Å². The summed E-state index contributed by atoms with van der Waals surface area (Å²) in [6.07, 6.45) is 4.77. The molecule has 0 saturated carbocycles. The van der Waals surface area contributed by atoms with Gasteiger partial charge in [0.1, 0.15) is 6.04 Å². The number of fused-ring (bicyclic) bond motifs is 1. The average molecular weight is 475 g/mol. The van der Waals surface area contributed by atoms with E-state index in [1.54, 1.807) is 42.5 Å². The van der Waals surface area contributed by atoms with Crippen LogP contribution in [0.5, 0.6) is 0 Å². The molecule has 35 heavy (non-hydrogen) atoms. The molecule has 1 saturated heterocycles. The van der Waals surface area contributed by atoms with E-state index in [4.69, 9.17) is 4.74 Å². The van der Waals surface area contributed by atoms with Gasteiger partial charge < -0.3 is 10.1 Å². The first kappa shape index (κ1) is 24.1. The molecule has 2 aromatic rings. The van der Waals surface area contributed by atoms with Gasteiger partial charge in [-0.1, -0.05) is 54.6 Å². The number of ketones is 1. The first-order valence-corrected chi connectivity index (χ1v) is 11.5. The van der Waals surface area contributed by atoms with Crippen molar-refractivity contribution in [3.05, 3.63) is 77.9 Å². The monoisotopic (exact) mass is 474 g/mol. The number of carbonyl (C=O) groups excluding carboxylic acids is 5. The van der Waals surface area contributed by atoms with Gasteiger partial charge in [-0.05, 0) is 37.5 Å². The van der Waals surface area contributed by atoms with Gasteiger partial charge in [0, 0.05) is 17.7 Å². The van der Waals surface area contributed by atoms with Crippen molar-refractivity contribution in [2.24, 2.45) is 11.8 Å². The van der Waals surface area contributed by atoms with Crippen molar-refractivity contribution in [3.8, 4) is 0 Å². The highest BCUT2D eigenvalue weighted by Gasteiger charge is 2.51. The molecule has 0 radical (unpaired) electrons. The third kappa shape index (κ3) is 5.37. The van der Waals surface area contributed by atoms with E-state index in [-0.39, 0.29) is 24.0 Å². The maximum Gasteiger partial charge on any atom is 0.330 e. The van der Waals surface area contributed by atoms with Crippen molar-refractivity contribution in [1.82, 2.24) is 4.90 Å². The van der Waals surface area contributed by atoms with Crippen molar-refractivity contribution in [1.29, 1.82) is 0 Å². The van der Waals surface area contributed by atoms with Gasteiger partial charge in [-0.15, -0.1) is 0 Å². The lowest BCUT2D eigenvalue weighted by Gasteiger charge is -2.25. The van der Waals surface area contributed by atoms with Crippen LogP contribution in [-0.4, -0.2) is 47.0 Å². The van der Waals surface area contributed by atoms with Crippen molar-refractivity contribution < 1.29 is 28.7 Å². The Morgan fingerprint density at radius 2 is 1.63 bits per heavy atom. The summed E-state index contributed by atoms with van der Waals surface area (Å²) >= 11 is 0. The zero-order valence-electron chi connectivity index (χ0n) is 19.3. The SMILES string of the molecule is CC(=O)c1cccc(NC(=O)COC(=O)[C@H](Cc2ccccc2)N2C(=O)[C@H]3CC=CC[C@@H]3C2=O)c1. The molecule has 2 aromatic carbocycles. The predicted octanol–water partition coefficient (Wildman–Crippen LogP) is 2.93. The quantitative estimate of drug-likeness (QED) is 0.273. The van der Waals surface area contributed by atoms with Crippen LogP contribution in [0, 0.1) is 11.8 Å². The van der Waals surface area contributed by atoms with Crippen LogP contribution >= 0.6 is 0 Å². The Bertz CT molecular complexity index is 1160. The molecule has 0 spiro atoms. The third-order valence-electron chi connectivity index (χ3n) is 6.30. The van der Waals surface area contributed by atoms with E-state index in [9.17, 15) is 24.0 Å². The normalized spacial score (nSPS) is 19.7. The molecule has 0 unspecified atom stereocenters. The van der Waals surface area contributed by atoms with Gasteiger partial charge in [-0.2, -0.15) is 0 Å². The van der Waals surface area contributed by atoms with Gasteiger partial charge >= 0.3 is 5.97 Å². The average Bonchev–Trinajstić information content (AvgIpc) is 3.11. The second-order valence-electron chi connectivity index (χ2n) is 8.70. The summed E-state index contributed by atoms with van der Waals surface area (Å²) in [6.45, 7) is 0.821. The molecule has 8 nitrogen and oxygen atoms in total. The number of nitrogens with one attached hydrogen (secondary N) is 1. The number of likely N-dealkylation sites (tertiary alicyclic amines) is 1. The van der Waals surface area contributed by atoms with E-state index in [2.05, 4.69) is 5.32 Å². The molecular weight excluding hydrogens is 448 g/mol. The molecule has 180 valence electrons. The first-order chi connectivity index (χ1) is 16.8. The lowest BCUT2D eigenvalue weighted by Crippen LogP contribution is -2.48. The lowest BCUT2D eigenvalue weighted by molar-refractivity contribution is -0.159. The molecule has 3 amide bonds. The minimum Gasteiger partial charge on any atom is -0.454 e. The fraction of sp³-hybridized carbons (Fsp3) is 0.296. The van der Waals surface area contributed by atoms with E-state index in [1.807, 2.05) is 18.2 Å². The van der Waals surface area contributed by atoms with Crippen LogP contribution in [0.15, 0.2) is 66.7 Å². The molecule has 1 N–H and O–H groups in total. The molecule has 3 atom stereocenters. The first-order valence-electron chi connectivity index (χ1n) is 11.5. The maximum absolute atomic E-state index is 13.1. The van der Waals surface area contributed by atoms with Crippen molar-refractivity contribution in [2.45, 2.75) is 32.2 Å². The van der Waals surface area contributed by atoms with Crippen LogP contribution in [0.25, 0.3) is 0 Å². The number of benzene rings is 2. The Morgan fingerprint density at radius 3 is 2.26 bits per heavy atom. The molecule has 1 aliphatic heterocycles. The number of anilines is 1. The molecule has 8 heteroatoms. The molecule has 1 fully saturated rings. The van der Waals surface area contributed by atoms with E-state index >= 15 is 0 Å². The Hall–Kier alpha value is -4.07. The zero-order chi connectivity index (χ0) is 24.9. The van der Waals surface area contributed by atoms with Gasteiger partial charge in [0.15, 0.2) is 12.4 Å². The molecular formula is C27H26N2O6. The van der Waals surface area contributed by atoms with Gasteiger partial charge in [0.05, 0.1) is 11.8 Å². The Balaban J connectivity index is 1.47. The lowest BCUT2D eigenvalue weighted by atomic mass is 9.85. The minimum atomic E-state index is -1.17. The predicted molar refractivity (Wildman–Crippen MR) is 127 cm³/mol. The number of amides is 3. The van der Waals surface area contributed by atoms with Crippen molar-refractivity contribution in [3.63, 3.8) is 0 Å². The number of rotatable bonds is 8. The van der Waals surface area contributed by atoms with Crippen LogP contribution in [-0.2, 0) is 30.3 Å². The molecule has 0 aromatic heterocycles. The fourth-order valence-corrected chi connectivity index (χ4v) is 4.50. The molecule has 1 heterocycles. The Morgan fingerprint density at radius 1 is 0.971 bits per heavy atom. The number of hydrogen-bond acceptors (Lipinski definition) is 6. The number of Topliss-reactive ketones (excluding diaryl/α,β-unsaturated/α-hetero) is 1.